The van der Waals surface area contributed by atoms with Crippen molar-refractivity contribution in [2.75, 3.05) is 11.4 Å². The van der Waals surface area contributed by atoms with Gasteiger partial charge in [-0.05, 0) is 25.0 Å². The Kier molecular flexibility index (Phi) is 4.87. The fourth-order valence-corrected chi connectivity index (χ4v) is 4.18. The van der Waals surface area contributed by atoms with E-state index in [0.29, 0.717) is 11.7 Å². The first-order valence-corrected chi connectivity index (χ1v) is 9.66. The molecule has 28 heavy (non-hydrogen) atoms. The lowest BCUT2D eigenvalue weighted by Gasteiger charge is -2.36. The average molecular weight is 386 g/mol. The van der Waals surface area contributed by atoms with Crippen LogP contribution in [0.3, 0.4) is 0 Å². The van der Waals surface area contributed by atoms with E-state index in [4.69, 9.17) is 4.52 Å². The van der Waals surface area contributed by atoms with Gasteiger partial charge in [0.25, 0.3) is 0 Å². The molecule has 4 rings (SSSR count). The molecule has 0 spiro atoms. The summed E-state index contributed by atoms with van der Waals surface area (Å²) in [5, 5.41) is 7.17. The number of aryl methyl sites for hydroxylation is 1. The van der Waals surface area contributed by atoms with Gasteiger partial charge >= 0.3 is 0 Å². The van der Waals surface area contributed by atoms with E-state index in [0.717, 1.165) is 32.1 Å². The van der Waals surface area contributed by atoms with Gasteiger partial charge in [0.2, 0.25) is 17.7 Å². The lowest BCUT2D eigenvalue weighted by atomic mass is 9.80. The maximum absolute atomic E-state index is 14.1. The van der Waals surface area contributed by atoms with Gasteiger partial charge in [-0.1, -0.05) is 36.6 Å². The molecule has 1 aromatic carbocycles. The molecule has 0 unspecified atom stereocenters. The molecule has 2 fully saturated rings. The third-order valence-corrected chi connectivity index (χ3v) is 5.66. The first-order valence-electron chi connectivity index (χ1n) is 9.66. The van der Waals surface area contributed by atoms with Gasteiger partial charge in [0.05, 0.1) is 11.6 Å². The van der Waals surface area contributed by atoms with Gasteiger partial charge < -0.3 is 14.7 Å². The predicted octanol–water partition coefficient (Wildman–Crippen LogP) is 2.85. The molecule has 1 saturated carbocycles. The van der Waals surface area contributed by atoms with E-state index in [2.05, 4.69) is 15.5 Å². The number of para-hydroxylation sites is 1. The molecule has 0 radical (unpaired) electrons. The summed E-state index contributed by atoms with van der Waals surface area (Å²) in [5.74, 6) is -0.541. The third-order valence-electron chi connectivity index (χ3n) is 5.66. The number of carbonyl (C=O) groups excluding carboxylic acids is 2. The highest BCUT2D eigenvalue weighted by Crippen LogP contribution is 2.36. The Bertz CT molecular complexity index is 891. The first kappa shape index (κ1) is 18.6. The fourth-order valence-electron chi connectivity index (χ4n) is 4.18. The van der Waals surface area contributed by atoms with Gasteiger partial charge in [-0.3, -0.25) is 9.59 Å². The molecule has 1 N–H and O–H groups in total. The van der Waals surface area contributed by atoms with Gasteiger partial charge in [0.15, 0.2) is 5.82 Å². The van der Waals surface area contributed by atoms with Crippen molar-refractivity contribution < 1.29 is 18.5 Å². The van der Waals surface area contributed by atoms with Crippen molar-refractivity contribution in [3.05, 3.63) is 41.8 Å². The smallest absolute Gasteiger partial charge is 0.227 e. The summed E-state index contributed by atoms with van der Waals surface area (Å²) >= 11 is 0. The van der Waals surface area contributed by atoms with Crippen molar-refractivity contribution in [2.24, 2.45) is 5.92 Å². The number of nitrogens with zero attached hydrogens (tertiary/aromatic N) is 3. The molecule has 7 nitrogen and oxygen atoms in total. The summed E-state index contributed by atoms with van der Waals surface area (Å²) in [6.45, 7) is 1.88. The van der Waals surface area contributed by atoms with Gasteiger partial charge in [0.1, 0.15) is 11.4 Å². The number of hydrogen-bond donors (Lipinski definition) is 1. The molecule has 1 saturated heterocycles. The Morgan fingerprint density at radius 1 is 1.29 bits per heavy atom. The van der Waals surface area contributed by atoms with Gasteiger partial charge in [-0.2, -0.15) is 4.98 Å². The molecule has 1 atom stereocenters. The van der Waals surface area contributed by atoms with E-state index in [1.165, 1.54) is 11.0 Å². The summed E-state index contributed by atoms with van der Waals surface area (Å²) in [7, 11) is 0. The van der Waals surface area contributed by atoms with Crippen LogP contribution in [0.5, 0.6) is 0 Å². The summed E-state index contributed by atoms with van der Waals surface area (Å²) in [5.41, 5.74) is -0.453. The average Bonchev–Trinajstić information content (AvgIpc) is 3.29. The van der Waals surface area contributed by atoms with Crippen molar-refractivity contribution in [1.29, 1.82) is 0 Å². The van der Waals surface area contributed by atoms with E-state index in [-0.39, 0.29) is 30.5 Å². The molecular weight excluding hydrogens is 363 g/mol. The minimum atomic E-state index is -0.665. The number of anilines is 1. The zero-order valence-corrected chi connectivity index (χ0v) is 15.8. The highest BCUT2D eigenvalue weighted by molar-refractivity contribution is 6.00. The van der Waals surface area contributed by atoms with E-state index in [9.17, 15) is 14.0 Å². The summed E-state index contributed by atoms with van der Waals surface area (Å²) in [6, 6.07) is 6.11. The van der Waals surface area contributed by atoms with Crippen LogP contribution in [-0.4, -0.2) is 28.5 Å². The Morgan fingerprint density at radius 2 is 2.04 bits per heavy atom. The lowest BCUT2D eigenvalue weighted by molar-refractivity contribution is -0.128. The minimum absolute atomic E-state index is 0.0571. The number of benzene rings is 1. The number of hydrogen-bond acceptors (Lipinski definition) is 5. The largest absolute Gasteiger partial charge is 0.343 e. The van der Waals surface area contributed by atoms with Crippen LogP contribution in [0, 0.1) is 18.7 Å². The van der Waals surface area contributed by atoms with Crippen molar-refractivity contribution in [3.8, 4) is 0 Å². The van der Waals surface area contributed by atoms with Crippen LogP contribution < -0.4 is 10.2 Å². The van der Waals surface area contributed by atoms with Crippen molar-refractivity contribution in [3.63, 3.8) is 0 Å². The van der Waals surface area contributed by atoms with Crippen LogP contribution >= 0.6 is 0 Å². The fraction of sp³-hybridized carbons (Fsp3) is 0.500. The monoisotopic (exact) mass is 386 g/mol. The second-order valence-corrected chi connectivity index (χ2v) is 7.63. The van der Waals surface area contributed by atoms with Crippen molar-refractivity contribution in [2.45, 2.75) is 51.0 Å². The zero-order valence-electron chi connectivity index (χ0n) is 15.8. The normalized spacial score (nSPS) is 21.7. The lowest BCUT2D eigenvalue weighted by Crippen LogP contribution is -2.50. The number of aromatic nitrogens is 2. The highest BCUT2D eigenvalue weighted by Gasteiger charge is 2.43. The maximum atomic E-state index is 14.1. The second-order valence-electron chi connectivity index (χ2n) is 7.63. The van der Waals surface area contributed by atoms with Crippen LogP contribution in [0.25, 0.3) is 0 Å². The predicted molar refractivity (Wildman–Crippen MR) is 98.8 cm³/mol. The maximum Gasteiger partial charge on any atom is 0.227 e. The van der Waals surface area contributed by atoms with E-state index in [1.54, 1.807) is 25.1 Å². The van der Waals surface area contributed by atoms with Crippen LogP contribution in [0.15, 0.2) is 28.8 Å². The second kappa shape index (κ2) is 7.33. The molecule has 1 aliphatic heterocycles. The molecule has 2 aliphatic rings. The Labute approximate surface area is 162 Å². The summed E-state index contributed by atoms with van der Waals surface area (Å²) < 4.78 is 19.2. The third kappa shape index (κ3) is 3.39. The molecule has 148 valence electrons. The van der Waals surface area contributed by atoms with E-state index in [1.807, 2.05) is 0 Å². The van der Waals surface area contributed by atoms with Crippen molar-refractivity contribution >= 4 is 17.5 Å². The molecule has 1 aliphatic carbocycles. The number of halogens is 1. The summed E-state index contributed by atoms with van der Waals surface area (Å²) in [6.07, 6.45) is 4.53. The van der Waals surface area contributed by atoms with Crippen molar-refractivity contribution in [1.82, 2.24) is 15.5 Å². The topological polar surface area (TPSA) is 88.3 Å². The standard InChI is InChI=1S/C20H23FN4O3/c1-13-22-19(24-28-13)20(9-5-2-6-10-20)23-18(27)14-11-17(26)25(12-14)16-8-4-3-7-15(16)21/h3-4,7-8,14H,2,5-6,9-12H2,1H3,(H,23,27)/t14-/m0/s1. The first-order chi connectivity index (χ1) is 13.5. The van der Waals surface area contributed by atoms with Crippen LogP contribution in [0.2, 0.25) is 0 Å². The summed E-state index contributed by atoms with van der Waals surface area (Å²) in [4.78, 5) is 31.2. The van der Waals surface area contributed by atoms with Gasteiger partial charge in [-0.25, -0.2) is 4.39 Å². The number of carbonyl (C=O) groups is 2. The van der Waals surface area contributed by atoms with Gasteiger partial charge in [-0.15, -0.1) is 0 Å². The van der Waals surface area contributed by atoms with Gasteiger partial charge in [0, 0.05) is 19.9 Å². The molecule has 2 heterocycles. The molecule has 2 amide bonds. The molecule has 8 heteroatoms. The number of amides is 2. The molecule has 1 aromatic heterocycles. The van der Waals surface area contributed by atoms with E-state index >= 15 is 0 Å². The quantitative estimate of drug-likeness (QED) is 0.873. The number of rotatable bonds is 4. The zero-order chi connectivity index (χ0) is 19.7. The van der Waals surface area contributed by atoms with Crippen LogP contribution in [0.4, 0.5) is 10.1 Å². The minimum Gasteiger partial charge on any atom is -0.343 e. The molecule has 0 bridgehead atoms. The Balaban J connectivity index is 1.52. The Morgan fingerprint density at radius 3 is 2.71 bits per heavy atom. The number of nitrogens with one attached hydrogen (secondary N) is 1. The SMILES string of the molecule is Cc1nc(C2(NC(=O)[C@H]3CC(=O)N(c4ccccc4F)C3)CCCCC2)no1. The van der Waals surface area contributed by atoms with Crippen LogP contribution in [-0.2, 0) is 15.1 Å². The Hall–Kier alpha value is -2.77. The molecular formula is C20H23FN4O3. The van der Waals surface area contributed by atoms with E-state index < -0.39 is 17.3 Å². The highest BCUT2D eigenvalue weighted by atomic mass is 19.1. The van der Waals surface area contributed by atoms with Crippen LogP contribution in [0.1, 0.15) is 50.2 Å². The molecule has 2 aromatic rings.